The van der Waals surface area contributed by atoms with Crippen LogP contribution >= 0.6 is 7.14 Å². The summed E-state index contributed by atoms with van der Waals surface area (Å²) >= 11 is 0. The fourth-order valence-corrected chi connectivity index (χ4v) is 5.24. The number of unbranched alkanes of at least 4 members (excludes halogenated alkanes) is 2. The van der Waals surface area contributed by atoms with Crippen molar-refractivity contribution in [2.45, 2.75) is 39.5 Å². The van der Waals surface area contributed by atoms with Gasteiger partial charge in [-0.2, -0.15) is 0 Å². The van der Waals surface area contributed by atoms with Crippen molar-refractivity contribution in [3.63, 3.8) is 0 Å². The second kappa shape index (κ2) is 8.30. The standard InChI is InChI=1S/C12H25N2O3P/c1-3-5-7-18(17,8-6-4-2)9-10(11(13)15)12(14)16/h10H,3-9H2,1-2H3,(H2,13,15)(H2,14,16). The first-order valence-electron chi connectivity index (χ1n) is 6.52. The van der Waals surface area contributed by atoms with Crippen molar-refractivity contribution in [1.82, 2.24) is 0 Å². The van der Waals surface area contributed by atoms with Crippen LogP contribution in [0, 0.1) is 5.92 Å². The summed E-state index contributed by atoms with van der Waals surface area (Å²) < 4.78 is 12.7. The van der Waals surface area contributed by atoms with Crippen LogP contribution in [0.25, 0.3) is 0 Å². The summed E-state index contributed by atoms with van der Waals surface area (Å²) in [6, 6.07) is 0. The van der Waals surface area contributed by atoms with Crippen LogP contribution in [0.3, 0.4) is 0 Å². The van der Waals surface area contributed by atoms with Crippen LogP contribution in [0.15, 0.2) is 0 Å². The third-order valence-electron chi connectivity index (χ3n) is 3.04. The van der Waals surface area contributed by atoms with Gasteiger partial charge in [0.1, 0.15) is 5.92 Å². The van der Waals surface area contributed by atoms with Crippen LogP contribution in [0.2, 0.25) is 0 Å². The van der Waals surface area contributed by atoms with Gasteiger partial charge in [0.2, 0.25) is 11.8 Å². The highest BCUT2D eigenvalue weighted by molar-refractivity contribution is 7.64. The van der Waals surface area contributed by atoms with Crippen molar-refractivity contribution in [3.8, 4) is 0 Å². The summed E-state index contributed by atoms with van der Waals surface area (Å²) in [7, 11) is -2.52. The highest BCUT2D eigenvalue weighted by Crippen LogP contribution is 2.48. The number of amides is 2. The molecule has 0 unspecified atom stereocenters. The highest BCUT2D eigenvalue weighted by atomic mass is 31.2. The Morgan fingerprint density at radius 3 is 1.67 bits per heavy atom. The van der Waals surface area contributed by atoms with E-state index < -0.39 is 24.9 Å². The van der Waals surface area contributed by atoms with Gasteiger partial charge >= 0.3 is 0 Å². The molecule has 2 amide bonds. The molecule has 0 fully saturated rings. The molecule has 0 rings (SSSR count). The van der Waals surface area contributed by atoms with E-state index in [1.165, 1.54) is 0 Å². The third kappa shape index (κ3) is 6.20. The van der Waals surface area contributed by atoms with Gasteiger partial charge in [-0.25, -0.2) is 0 Å². The molecule has 0 radical (unpaired) electrons. The van der Waals surface area contributed by atoms with Crippen molar-refractivity contribution >= 4 is 19.0 Å². The molecule has 6 heteroatoms. The van der Waals surface area contributed by atoms with Gasteiger partial charge < -0.3 is 16.0 Å². The molecule has 0 saturated carbocycles. The molecule has 0 atom stereocenters. The van der Waals surface area contributed by atoms with Gasteiger partial charge in [0, 0.05) is 18.5 Å². The Morgan fingerprint density at radius 1 is 1.00 bits per heavy atom. The fraction of sp³-hybridized carbons (Fsp3) is 0.833. The number of carbonyl (C=O) groups excluding carboxylic acids is 2. The minimum Gasteiger partial charge on any atom is -0.369 e. The molecule has 0 aliphatic heterocycles. The van der Waals surface area contributed by atoms with Crippen LogP contribution in [0.5, 0.6) is 0 Å². The molecule has 0 aromatic rings. The average Bonchev–Trinajstić information content (AvgIpc) is 2.30. The van der Waals surface area contributed by atoms with E-state index in [1.807, 2.05) is 13.8 Å². The predicted octanol–water partition coefficient (Wildman–Crippen LogP) is 1.54. The smallest absolute Gasteiger partial charge is 0.230 e. The van der Waals surface area contributed by atoms with E-state index in [0.29, 0.717) is 12.3 Å². The van der Waals surface area contributed by atoms with Crippen molar-refractivity contribution in [3.05, 3.63) is 0 Å². The quantitative estimate of drug-likeness (QED) is 0.467. The average molecular weight is 276 g/mol. The van der Waals surface area contributed by atoms with E-state index in [-0.39, 0.29) is 6.16 Å². The Kier molecular flexibility index (Phi) is 7.92. The number of hydrogen-bond acceptors (Lipinski definition) is 3. The molecular weight excluding hydrogens is 251 g/mol. The van der Waals surface area contributed by atoms with Gasteiger partial charge in [0.25, 0.3) is 0 Å². The lowest BCUT2D eigenvalue weighted by Crippen LogP contribution is -2.37. The van der Waals surface area contributed by atoms with Crippen LogP contribution in [0.4, 0.5) is 0 Å². The van der Waals surface area contributed by atoms with Crippen LogP contribution in [0.1, 0.15) is 39.5 Å². The topological polar surface area (TPSA) is 103 Å². The molecule has 0 heterocycles. The first-order valence-corrected chi connectivity index (χ1v) is 8.78. The first-order chi connectivity index (χ1) is 8.36. The molecule has 0 saturated heterocycles. The number of primary amides is 2. The maximum Gasteiger partial charge on any atom is 0.230 e. The Morgan fingerprint density at radius 2 is 1.39 bits per heavy atom. The van der Waals surface area contributed by atoms with E-state index in [1.54, 1.807) is 0 Å². The summed E-state index contributed by atoms with van der Waals surface area (Å²) in [5, 5.41) is 0. The lowest BCUT2D eigenvalue weighted by Gasteiger charge is -2.21. The number of carbonyl (C=O) groups is 2. The van der Waals surface area contributed by atoms with Crippen molar-refractivity contribution in [2.75, 3.05) is 18.5 Å². The number of nitrogens with two attached hydrogens (primary N) is 2. The second-order valence-corrected chi connectivity index (χ2v) is 8.13. The fourth-order valence-electron chi connectivity index (χ4n) is 1.84. The van der Waals surface area contributed by atoms with E-state index >= 15 is 0 Å². The summed E-state index contributed by atoms with van der Waals surface area (Å²) in [6.45, 7) is 4.04. The van der Waals surface area contributed by atoms with E-state index in [9.17, 15) is 14.2 Å². The highest BCUT2D eigenvalue weighted by Gasteiger charge is 2.32. The van der Waals surface area contributed by atoms with Gasteiger partial charge in [-0.1, -0.05) is 26.7 Å². The molecule has 106 valence electrons. The van der Waals surface area contributed by atoms with E-state index in [0.717, 1.165) is 25.7 Å². The third-order valence-corrected chi connectivity index (χ3v) is 6.33. The zero-order chi connectivity index (χ0) is 14.2. The Hall–Kier alpha value is -0.830. The Labute approximate surface area is 109 Å². The SMILES string of the molecule is CCCCP(=O)(CCCC)CC(C(N)=O)C(N)=O. The van der Waals surface area contributed by atoms with Crippen LogP contribution in [-0.2, 0) is 14.2 Å². The lowest BCUT2D eigenvalue weighted by molar-refractivity contribution is -0.130. The van der Waals surface area contributed by atoms with Crippen molar-refractivity contribution < 1.29 is 14.2 Å². The number of hydrogen-bond donors (Lipinski definition) is 2. The molecule has 0 aliphatic rings. The molecule has 4 N–H and O–H groups in total. The molecule has 5 nitrogen and oxygen atoms in total. The Balaban J connectivity index is 4.78. The molecule has 0 aliphatic carbocycles. The zero-order valence-corrected chi connectivity index (χ0v) is 12.2. The molecule has 18 heavy (non-hydrogen) atoms. The van der Waals surface area contributed by atoms with Crippen molar-refractivity contribution in [2.24, 2.45) is 17.4 Å². The number of rotatable bonds is 10. The second-order valence-electron chi connectivity index (χ2n) is 4.75. The van der Waals surface area contributed by atoms with Crippen molar-refractivity contribution in [1.29, 1.82) is 0 Å². The van der Waals surface area contributed by atoms with Gasteiger partial charge in [-0.3, -0.25) is 9.59 Å². The van der Waals surface area contributed by atoms with Gasteiger partial charge in [-0.15, -0.1) is 0 Å². The minimum absolute atomic E-state index is 0.0394. The normalized spacial score (nSPS) is 11.7. The van der Waals surface area contributed by atoms with Crippen LogP contribution in [-0.4, -0.2) is 30.3 Å². The van der Waals surface area contributed by atoms with E-state index in [2.05, 4.69) is 0 Å². The monoisotopic (exact) mass is 276 g/mol. The summed E-state index contributed by atoms with van der Waals surface area (Å²) in [4.78, 5) is 22.3. The lowest BCUT2D eigenvalue weighted by atomic mass is 10.1. The van der Waals surface area contributed by atoms with Gasteiger partial charge in [-0.05, 0) is 12.8 Å². The predicted molar refractivity (Wildman–Crippen MR) is 73.9 cm³/mol. The van der Waals surface area contributed by atoms with Crippen LogP contribution < -0.4 is 11.5 Å². The minimum atomic E-state index is -2.52. The molecule has 0 aromatic heterocycles. The largest absolute Gasteiger partial charge is 0.369 e. The van der Waals surface area contributed by atoms with E-state index in [4.69, 9.17) is 11.5 Å². The zero-order valence-electron chi connectivity index (χ0n) is 11.4. The maximum atomic E-state index is 12.7. The Bertz CT molecular complexity index is 305. The molecule has 0 bridgehead atoms. The molecular formula is C12H25N2O3P. The maximum absolute atomic E-state index is 12.7. The van der Waals surface area contributed by atoms with Gasteiger partial charge in [0.05, 0.1) is 7.14 Å². The summed E-state index contributed by atoms with van der Waals surface area (Å²) in [5.74, 6) is -2.63. The molecule has 0 aromatic carbocycles. The molecule has 0 spiro atoms. The summed E-state index contributed by atoms with van der Waals surface area (Å²) in [6.07, 6.45) is 4.73. The summed E-state index contributed by atoms with van der Waals surface area (Å²) in [5.41, 5.74) is 10.3. The van der Waals surface area contributed by atoms with Gasteiger partial charge in [0.15, 0.2) is 0 Å². The first kappa shape index (κ1) is 17.2.